The Bertz CT molecular complexity index is 916. The van der Waals surface area contributed by atoms with Crippen LogP contribution < -0.4 is 10.0 Å². The van der Waals surface area contributed by atoms with Gasteiger partial charge in [0.05, 0.1) is 17.2 Å². The highest BCUT2D eigenvalue weighted by Crippen LogP contribution is 2.22. The minimum absolute atomic E-state index is 0.161. The summed E-state index contributed by atoms with van der Waals surface area (Å²) in [5, 5.41) is 13.8. The normalized spacial score (nSPS) is 12.4. The molecule has 26 heavy (non-hydrogen) atoms. The van der Waals surface area contributed by atoms with Crippen LogP contribution in [0.25, 0.3) is 0 Å². The van der Waals surface area contributed by atoms with Gasteiger partial charge >= 0.3 is 0 Å². The lowest BCUT2D eigenvalue weighted by Crippen LogP contribution is -2.30. The van der Waals surface area contributed by atoms with Gasteiger partial charge in [0.25, 0.3) is 5.69 Å². The molecule has 0 saturated carbocycles. The molecular weight excluding hydrogens is 382 g/mol. The van der Waals surface area contributed by atoms with Crippen LogP contribution >= 0.6 is 11.6 Å². The number of carbonyl (C=O) groups is 1. The van der Waals surface area contributed by atoms with Crippen LogP contribution in [0.15, 0.2) is 48.5 Å². The summed E-state index contributed by atoms with van der Waals surface area (Å²) >= 11 is 5.83. The highest BCUT2D eigenvalue weighted by molar-refractivity contribution is 7.88. The van der Waals surface area contributed by atoms with E-state index in [9.17, 15) is 23.3 Å². The maximum Gasteiger partial charge on any atom is 0.271 e. The monoisotopic (exact) mass is 397 g/mol. The van der Waals surface area contributed by atoms with Crippen molar-refractivity contribution in [1.29, 1.82) is 0 Å². The van der Waals surface area contributed by atoms with Gasteiger partial charge in [0, 0.05) is 29.3 Å². The molecule has 0 aliphatic rings. The zero-order valence-electron chi connectivity index (χ0n) is 13.7. The number of hydrogen-bond acceptors (Lipinski definition) is 5. The Balaban J connectivity index is 2.16. The third kappa shape index (κ3) is 6.10. The zero-order valence-corrected chi connectivity index (χ0v) is 15.3. The van der Waals surface area contributed by atoms with Gasteiger partial charge in [-0.25, -0.2) is 13.1 Å². The van der Waals surface area contributed by atoms with Crippen LogP contribution in [0, 0.1) is 10.1 Å². The smallest absolute Gasteiger partial charge is 0.271 e. The van der Waals surface area contributed by atoms with Gasteiger partial charge in [-0.2, -0.15) is 0 Å². The number of benzene rings is 2. The number of hydrogen-bond donors (Lipinski definition) is 2. The molecule has 0 aliphatic heterocycles. The Hall–Kier alpha value is -2.49. The van der Waals surface area contributed by atoms with Crippen LogP contribution in [-0.4, -0.2) is 25.5 Å². The topological polar surface area (TPSA) is 118 Å². The van der Waals surface area contributed by atoms with Gasteiger partial charge < -0.3 is 5.32 Å². The predicted octanol–water partition coefficient (Wildman–Crippen LogP) is 2.87. The van der Waals surface area contributed by atoms with E-state index in [-0.39, 0.29) is 17.8 Å². The summed E-state index contributed by atoms with van der Waals surface area (Å²) in [6, 6.07) is 11.1. The first-order chi connectivity index (χ1) is 12.1. The molecule has 1 atom stereocenters. The Labute approximate surface area is 155 Å². The van der Waals surface area contributed by atoms with E-state index < -0.39 is 26.9 Å². The second kappa shape index (κ2) is 8.26. The number of non-ortho nitro benzene ring substituents is 1. The molecule has 10 heteroatoms. The molecule has 138 valence electrons. The lowest BCUT2D eigenvalue weighted by atomic mass is 10.0. The Morgan fingerprint density at radius 3 is 2.46 bits per heavy atom. The highest BCUT2D eigenvalue weighted by Gasteiger charge is 2.20. The number of rotatable bonds is 7. The minimum Gasteiger partial charge on any atom is -0.326 e. The first kappa shape index (κ1) is 19.8. The molecule has 2 rings (SSSR count). The molecule has 0 unspecified atom stereocenters. The van der Waals surface area contributed by atoms with Crippen molar-refractivity contribution in [2.75, 3.05) is 11.6 Å². The third-order valence-corrected chi connectivity index (χ3v) is 4.32. The molecule has 1 amide bonds. The Kier molecular flexibility index (Phi) is 6.30. The molecule has 0 bridgehead atoms. The second-order valence-electron chi connectivity index (χ2n) is 5.55. The van der Waals surface area contributed by atoms with Crippen molar-refractivity contribution in [2.45, 2.75) is 12.5 Å². The van der Waals surface area contributed by atoms with Crippen molar-refractivity contribution in [3.8, 4) is 0 Å². The van der Waals surface area contributed by atoms with Crippen LogP contribution in [0.4, 0.5) is 11.4 Å². The number of sulfonamides is 1. The van der Waals surface area contributed by atoms with Crippen LogP contribution in [0.5, 0.6) is 0 Å². The highest BCUT2D eigenvalue weighted by atomic mass is 35.5. The van der Waals surface area contributed by atoms with Crippen molar-refractivity contribution in [1.82, 2.24) is 4.72 Å². The first-order valence-electron chi connectivity index (χ1n) is 7.41. The minimum atomic E-state index is -3.57. The zero-order chi connectivity index (χ0) is 19.3. The number of nitro groups is 1. The van der Waals surface area contributed by atoms with Gasteiger partial charge in [0.2, 0.25) is 15.9 Å². The van der Waals surface area contributed by atoms with E-state index >= 15 is 0 Å². The van der Waals surface area contributed by atoms with E-state index in [1.165, 1.54) is 24.3 Å². The summed E-state index contributed by atoms with van der Waals surface area (Å²) in [5.41, 5.74) is 0.652. The van der Waals surface area contributed by atoms with Crippen LogP contribution in [0.1, 0.15) is 18.0 Å². The maximum absolute atomic E-state index is 12.3. The predicted molar refractivity (Wildman–Crippen MR) is 98.5 cm³/mol. The molecule has 8 nitrogen and oxygen atoms in total. The first-order valence-corrected chi connectivity index (χ1v) is 9.68. The molecule has 0 radical (unpaired) electrons. The lowest BCUT2D eigenvalue weighted by Gasteiger charge is -2.18. The quantitative estimate of drug-likeness (QED) is 0.550. The summed E-state index contributed by atoms with van der Waals surface area (Å²) in [4.78, 5) is 22.5. The van der Waals surface area contributed by atoms with E-state index in [0.717, 1.165) is 6.26 Å². The largest absolute Gasteiger partial charge is 0.326 e. The van der Waals surface area contributed by atoms with Crippen molar-refractivity contribution >= 4 is 38.9 Å². The average molecular weight is 398 g/mol. The second-order valence-corrected chi connectivity index (χ2v) is 7.77. The fourth-order valence-corrected chi connectivity index (χ4v) is 3.14. The maximum atomic E-state index is 12.3. The average Bonchev–Trinajstić information content (AvgIpc) is 2.53. The fraction of sp³-hybridized carbons (Fsp3) is 0.188. The van der Waals surface area contributed by atoms with Gasteiger partial charge in [-0.15, -0.1) is 0 Å². The Morgan fingerprint density at radius 1 is 1.23 bits per heavy atom. The van der Waals surface area contributed by atoms with Gasteiger partial charge in [-0.3, -0.25) is 14.9 Å². The SMILES string of the molecule is CS(=O)(=O)N[C@H](CC(=O)Nc1cccc([N+](=O)[O-])c1)c1ccc(Cl)cc1. The standard InChI is InChI=1S/C16H16ClN3O5S/c1-26(24,25)19-15(11-5-7-12(17)8-6-11)10-16(21)18-13-3-2-4-14(9-13)20(22)23/h2-9,15,19H,10H2,1H3,(H,18,21)/t15-/m1/s1. The van der Waals surface area contributed by atoms with Gasteiger partial charge in [0.15, 0.2) is 0 Å². The number of anilines is 1. The number of carbonyl (C=O) groups excluding carboxylic acids is 1. The third-order valence-electron chi connectivity index (χ3n) is 3.36. The molecule has 0 saturated heterocycles. The molecule has 2 aromatic rings. The molecule has 2 N–H and O–H groups in total. The summed E-state index contributed by atoms with van der Waals surface area (Å²) < 4.78 is 25.6. The van der Waals surface area contributed by atoms with E-state index in [4.69, 9.17) is 11.6 Å². The van der Waals surface area contributed by atoms with Crippen molar-refractivity contribution in [3.05, 3.63) is 69.2 Å². The number of amides is 1. The lowest BCUT2D eigenvalue weighted by molar-refractivity contribution is -0.384. The number of nitrogens with one attached hydrogen (secondary N) is 2. The molecule has 0 spiro atoms. The van der Waals surface area contributed by atoms with E-state index in [2.05, 4.69) is 10.0 Å². The molecule has 0 heterocycles. The Morgan fingerprint density at radius 2 is 1.88 bits per heavy atom. The fourth-order valence-electron chi connectivity index (χ4n) is 2.28. The number of nitrogens with zero attached hydrogens (tertiary/aromatic N) is 1. The van der Waals surface area contributed by atoms with Crippen LogP contribution in [0.3, 0.4) is 0 Å². The molecule has 0 aliphatic carbocycles. The summed E-state index contributed by atoms with van der Waals surface area (Å²) in [7, 11) is -3.57. The molecule has 0 aromatic heterocycles. The van der Waals surface area contributed by atoms with E-state index in [1.807, 2.05) is 0 Å². The van der Waals surface area contributed by atoms with Crippen molar-refractivity contribution in [3.63, 3.8) is 0 Å². The molecular formula is C16H16ClN3O5S. The summed E-state index contributed by atoms with van der Waals surface area (Å²) in [6.07, 6.45) is 0.797. The van der Waals surface area contributed by atoms with Crippen molar-refractivity contribution < 1.29 is 18.1 Å². The van der Waals surface area contributed by atoms with Gasteiger partial charge in [0.1, 0.15) is 0 Å². The number of halogens is 1. The van der Waals surface area contributed by atoms with Crippen molar-refractivity contribution in [2.24, 2.45) is 0 Å². The van der Waals surface area contributed by atoms with Crippen LogP contribution in [-0.2, 0) is 14.8 Å². The number of nitro benzene ring substituents is 1. The summed E-state index contributed by atoms with van der Waals surface area (Å²) in [6.45, 7) is 0. The molecule has 2 aromatic carbocycles. The van der Waals surface area contributed by atoms with E-state index in [0.29, 0.717) is 10.6 Å². The molecule has 0 fully saturated rings. The van der Waals surface area contributed by atoms with Gasteiger partial charge in [-0.1, -0.05) is 29.8 Å². The van der Waals surface area contributed by atoms with E-state index in [1.54, 1.807) is 24.3 Å². The summed E-state index contributed by atoms with van der Waals surface area (Å²) in [5.74, 6) is -0.499. The van der Waals surface area contributed by atoms with Crippen LogP contribution in [0.2, 0.25) is 5.02 Å². The van der Waals surface area contributed by atoms with Gasteiger partial charge in [-0.05, 0) is 23.8 Å².